The Hall–Kier alpha value is -2.20. The third-order valence-corrected chi connectivity index (χ3v) is 5.99. The average Bonchev–Trinajstić information content (AvgIpc) is 2.95. The SMILES string of the molecule is CCO[C@H]1CC2(CCN(C(=O)c3cccnc3)CC2)c2cc(C)ccc21. The van der Waals surface area contributed by atoms with E-state index in [0.29, 0.717) is 5.56 Å². The highest BCUT2D eigenvalue weighted by Crippen LogP contribution is 2.52. The second-order valence-corrected chi connectivity index (χ2v) is 7.55. The van der Waals surface area contributed by atoms with Crippen LogP contribution in [0.4, 0.5) is 0 Å². The van der Waals surface area contributed by atoms with Gasteiger partial charge in [-0.05, 0) is 56.4 Å². The van der Waals surface area contributed by atoms with Crippen molar-refractivity contribution in [2.24, 2.45) is 0 Å². The summed E-state index contributed by atoms with van der Waals surface area (Å²) in [7, 11) is 0. The van der Waals surface area contributed by atoms with E-state index in [-0.39, 0.29) is 17.4 Å². The van der Waals surface area contributed by atoms with E-state index in [2.05, 4.69) is 37.0 Å². The Bertz CT molecular complexity index is 795. The Labute approximate surface area is 155 Å². The lowest BCUT2D eigenvalue weighted by molar-refractivity contribution is 0.0381. The lowest BCUT2D eigenvalue weighted by atomic mass is 9.73. The van der Waals surface area contributed by atoms with Crippen LogP contribution in [0.2, 0.25) is 0 Å². The van der Waals surface area contributed by atoms with E-state index in [9.17, 15) is 4.79 Å². The molecule has 4 nitrogen and oxygen atoms in total. The smallest absolute Gasteiger partial charge is 0.255 e. The molecular weight excluding hydrogens is 324 g/mol. The standard InChI is InChI=1S/C22H26N2O2/c1-3-26-20-14-22(19-13-16(2)6-7-18(19)20)8-11-24(12-9-22)21(25)17-5-4-10-23-15-17/h4-7,10,13,15,20H,3,8-9,11-12,14H2,1-2H3/t20-/m0/s1. The first-order chi connectivity index (χ1) is 12.6. The molecule has 0 bridgehead atoms. The van der Waals surface area contributed by atoms with E-state index in [1.54, 1.807) is 12.4 Å². The highest BCUT2D eigenvalue weighted by atomic mass is 16.5. The summed E-state index contributed by atoms with van der Waals surface area (Å²) < 4.78 is 6.05. The summed E-state index contributed by atoms with van der Waals surface area (Å²) in [5, 5.41) is 0. The van der Waals surface area contributed by atoms with E-state index >= 15 is 0 Å². The van der Waals surface area contributed by atoms with E-state index < -0.39 is 0 Å². The number of amides is 1. The molecule has 1 spiro atoms. The Morgan fingerprint density at radius 2 is 2.12 bits per heavy atom. The third kappa shape index (κ3) is 2.92. The fraction of sp³-hybridized carbons (Fsp3) is 0.455. The van der Waals surface area contributed by atoms with Gasteiger partial charge in [0.15, 0.2) is 0 Å². The number of carbonyl (C=O) groups excluding carboxylic acids is 1. The van der Waals surface area contributed by atoms with Gasteiger partial charge in [0.1, 0.15) is 0 Å². The van der Waals surface area contributed by atoms with Crippen LogP contribution in [0, 0.1) is 6.92 Å². The average molecular weight is 350 g/mol. The topological polar surface area (TPSA) is 42.4 Å². The zero-order valence-corrected chi connectivity index (χ0v) is 15.6. The molecule has 2 aromatic rings. The molecule has 1 fully saturated rings. The van der Waals surface area contributed by atoms with Crippen LogP contribution < -0.4 is 0 Å². The van der Waals surface area contributed by atoms with Crippen molar-refractivity contribution < 1.29 is 9.53 Å². The highest BCUT2D eigenvalue weighted by Gasteiger charge is 2.46. The second-order valence-electron chi connectivity index (χ2n) is 7.55. The van der Waals surface area contributed by atoms with Gasteiger partial charge in [-0.2, -0.15) is 0 Å². The Kier molecular flexibility index (Phi) is 4.53. The molecule has 136 valence electrons. The zero-order chi connectivity index (χ0) is 18.1. The largest absolute Gasteiger partial charge is 0.374 e. The van der Waals surface area contributed by atoms with Gasteiger partial charge in [-0.15, -0.1) is 0 Å². The predicted octanol–water partition coefficient (Wildman–Crippen LogP) is 4.05. The number of pyridine rings is 1. The van der Waals surface area contributed by atoms with Gasteiger partial charge in [-0.25, -0.2) is 0 Å². The molecular formula is C22H26N2O2. The monoisotopic (exact) mass is 350 g/mol. The molecule has 0 saturated carbocycles. The van der Waals surface area contributed by atoms with Crippen molar-refractivity contribution in [3.63, 3.8) is 0 Å². The van der Waals surface area contributed by atoms with E-state index in [4.69, 9.17) is 4.74 Å². The third-order valence-electron chi connectivity index (χ3n) is 5.99. The molecule has 1 aliphatic carbocycles. The van der Waals surface area contributed by atoms with Crippen LogP contribution in [0.25, 0.3) is 0 Å². The van der Waals surface area contributed by atoms with Gasteiger partial charge in [-0.1, -0.05) is 23.8 Å². The minimum absolute atomic E-state index is 0.0942. The molecule has 1 atom stereocenters. The van der Waals surface area contributed by atoms with Crippen molar-refractivity contribution >= 4 is 5.91 Å². The molecule has 26 heavy (non-hydrogen) atoms. The molecule has 4 heteroatoms. The summed E-state index contributed by atoms with van der Waals surface area (Å²) in [6.45, 7) is 6.54. The van der Waals surface area contributed by atoms with Crippen LogP contribution in [-0.2, 0) is 10.2 Å². The molecule has 1 aromatic carbocycles. The summed E-state index contributed by atoms with van der Waals surface area (Å²) in [5.41, 5.74) is 4.92. The van der Waals surface area contributed by atoms with Crippen molar-refractivity contribution in [2.75, 3.05) is 19.7 Å². The van der Waals surface area contributed by atoms with Crippen molar-refractivity contribution in [2.45, 2.75) is 44.6 Å². The molecule has 0 N–H and O–H groups in total. The predicted molar refractivity (Wildman–Crippen MR) is 101 cm³/mol. The molecule has 1 aromatic heterocycles. The van der Waals surface area contributed by atoms with Gasteiger partial charge in [0.25, 0.3) is 5.91 Å². The molecule has 1 aliphatic heterocycles. The van der Waals surface area contributed by atoms with Crippen molar-refractivity contribution in [3.05, 3.63) is 65.0 Å². The fourth-order valence-corrected chi connectivity index (χ4v) is 4.62. The normalized spacial score (nSPS) is 21.0. The number of hydrogen-bond donors (Lipinski definition) is 0. The number of ether oxygens (including phenoxy) is 1. The van der Waals surface area contributed by atoms with Crippen LogP contribution in [0.1, 0.15) is 59.3 Å². The number of aryl methyl sites for hydroxylation is 1. The van der Waals surface area contributed by atoms with Gasteiger partial charge in [-0.3, -0.25) is 9.78 Å². The van der Waals surface area contributed by atoms with Gasteiger partial charge < -0.3 is 9.64 Å². The second kappa shape index (κ2) is 6.84. The number of carbonyl (C=O) groups is 1. The van der Waals surface area contributed by atoms with Crippen molar-refractivity contribution in [3.8, 4) is 0 Å². The maximum absolute atomic E-state index is 12.7. The number of hydrogen-bond acceptors (Lipinski definition) is 3. The number of benzene rings is 1. The first kappa shape index (κ1) is 17.2. The minimum atomic E-state index is 0.0942. The highest BCUT2D eigenvalue weighted by molar-refractivity contribution is 5.93. The zero-order valence-electron chi connectivity index (χ0n) is 15.6. The molecule has 1 amide bonds. The van der Waals surface area contributed by atoms with Crippen LogP contribution in [-0.4, -0.2) is 35.5 Å². The van der Waals surface area contributed by atoms with Crippen LogP contribution in [0.5, 0.6) is 0 Å². The maximum Gasteiger partial charge on any atom is 0.255 e. The number of nitrogens with zero attached hydrogens (tertiary/aromatic N) is 2. The first-order valence-electron chi connectivity index (χ1n) is 9.55. The molecule has 2 heterocycles. The first-order valence-corrected chi connectivity index (χ1v) is 9.55. The lowest BCUT2D eigenvalue weighted by Crippen LogP contribution is -2.44. The van der Waals surface area contributed by atoms with Crippen molar-refractivity contribution in [1.29, 1.82) is 0 Å². The molecule has 0 unspecified atom stereocenters. The van der Waals surface area contributed by atoms with Gasteiger partial charge in [0.2, 0.25) is 0 Å². The number of piperidine rings is 1. The van der Waals surface area contributed by atoms with Gasteiger partial charge >= 0.3 is 0 Å². The van der Waals surface area contributed by atoms with E-state index in [1.807, 2.05) is 17.0 Å². The van der Waals surface area contributed by atoms with Crippen molar-refractivity contribution in [1.82, 2.24) is 9.88 Å². The van der Waals surface area contributed by atoms with Crippen LogP contribution in [0.3, 0.4) is 0 Å². The summed E-state index contributed by atoms with van der Waals surface area (Å²) >= 11 is 0. The number of aromatic nitrogens is 1. The summed E-state index contributed by atoms with van der Waals surface area (Å²) in [5.74, 6) is 0.0942. The summed E-state index contributed by atoms with van der Waals surface area (Å²) in [6.07, 6.45) is 6.59. The van der Waals surface area contributed by atoms with E-state index in [0.717, 1.165) is 39.0 Å². The molecule has 0 radical (unpaired) electrons. The van der Waals surface area contributed by atoms with Gasteiger partial charge in [0, 0.05) is 37.5 Å². The summed E-state index contributed by atoms with van der Waals surface area (Å²) in [6, 6.07) is 10.4. The molecule has 4 rings (SSSR count). The van der Waals surface area contributed by atoms with Crippen LogP contribution >= 0.6 is 0 Å². The van der Waals surface area contributed by atoms with Crippen LogP contribution in [0.15, 0.2) is 42.7 Å². The number of rotatable bonds is 3. The Balaban J connectivity index is 1.55. The molecule has 2 aliphatic rings. The van der Waals surface area contributed by atoms with E-state index in [1.165, 1.54) is 16.7 Å². The quantitative estimate of drug-likeness (QED) is 0.839. The summed E-state index contributed by atoms with van der Waals surface area (Å²) in [4.78, 5) is 18.8. The minimum Gasteiger partial charge on any atom is -0.374 e. The van der Waals surface area contributed by atoms with Gasteiger partial charge in [0.05, 0.1) is 11.7 Å². The Morgan fingerprint density at radius 3 is 2.81 bits per heavy atom. The molecule has 1 saturated heterocycles. The lowest BCUT2D eigenvalue weighted by Gasteiger charge is -2.40. The number of fused-ring (bicyclic) bond motifs is 2. The number of likely N-dealkylation sites (tertiary alicyclic amines) is 1. The maximum atomic E-state index is 12.7. The Morgan fingerprint density at radius 1 is 1.31 bits per heavy atom. The fourth-order valence-electron chi connectivity index (χ4n) is 4.62.